The number of sulfone groups is 1. The Morgan fingerprint density at radius 1 is 1.11 bits per heavy atom. The minimum Gasteiger partial charge on any atom is -0.379 e. The Hall–Kier alpha value is -2.98. The van der Waals surface area contributed by atoms with Crippen LogP contribution in [0.4, 0.5) is 23.3 Å². The fraction of sp³-hybridized carbons (Fsp3) is 0.536. The van der Waals surface area contributed by atoms with Crippen molar-refractivity contribution >= 4 is 43.9 Å². The second kappa shape index (κ2) is 9.64. The number of hydrogen-bond acceptors (Lipinski definition) is 9. The van der Waals surface area contributed by atoms with Gasteiger partial charge in [-0.15, -0.1) is 0 Å². The zero-order chi connectivity index (χ0) is 26.6. The van der Waals surface area contributed by atoms with Crippen LogP contribution in [0.15, 0.2) is 36.7 Å². The summed E-state index contributed by atoms with van der Waals surface area (Å²) < 4.78 is 29.3. The zero-order valence-corrected chi connectivity index (χ0v) is 23.3. The minimum absolute atomic E-state index is 0.146. The fourth-order valence-electron chi connectivity index (χ4n) is 6.27. The molecule has 0 saturated carbocycles. The van der Waals surface area contributed by atoms with E-state index in [1.165, 1.54) is 11.8 Å². The van der Waals surface area contributed by atoms with Gasteiger partial charge in [0, 0.05) is 60.7 Å². The number of rotatable bonds is 7. The molecule has 3 aliphatic rings. The van der Waals surface area contributed by atoms with Crippen LogP contribution >= 0.6 is 0 Å². The molecular formula is C28H36N6O3S. The molecule has 38 heavy (non-hydrogen) atoms. The average Bonchev–Trinajstić information content (AvgIpc) is 3.49. The number of nitrogens with zero attached hydrogens (tertiary/aromatic N) is 5. The number of anilines is 4. The molecule has 5 heterocycles. The smallest absolute Gasteiger partial charge is 0.227 e. The first-order valence-corrected chi connectivity index (χ1v) is 15.6. The van der Waals surface area contributed by atoms with Crippen molar-refractivity contribution in [3.8, 4) is 0 Å². The van der Waals surface area contributed by atoms with E-state index in [0.717, 1.165) is 61.0 Å². The van der Waals surface area contributed by atoms with Crippen molar-refractivity contribution in [3.63, 3.8) is 0 Å². The van der Waals surface area contributed by atoms with E-state index in [1.54, 1.807) is 6.20 Å². The van der Waals surface area contributed by atoms with Crippen LogP contribution in [0.25, 0.3) is 10.8 Å². The van der Waals surface area contributed by atoms with Gasteiger partial charge in [0.2, 0.25) is 5.95 Å². The van der Waals surface area contributed by atoms with E-state index in [-0.39, 0.29) is 17.7 Å². The monoisotopic (exact) mass is 536 g/mol. The Labute approximate surface area is 224 Å². The van der Waals surface area contributed by atoms with E-state index in [2.05, 4.69) is 59.1 Å². The van der Waals surface area contributed by atoms with Gasteiger partial charge in [0.1, 0.15) is 21.5 Å². The summed E-state index contributed by atoms with van der Waals surface area (Å²) in [7, 11) is -3.00. The molecule has 1 N–H and O–H groups in total. The molecule has 0 radical (unpaired) electrons. The topological polar surface area (TPSA) is 101 Å². The molecular weight excluding hydrogens is 500 g/mol. The number of benzene rings is 1. The van der Waals surface area contributed by atoms with Gasteiger partial charge in [-0.1, -0.05) is 19.9 Å². The third kappa shape index (κ3) is 4.68. The van der Waals surface area contributed by atoms with E-state index in [9.17, 15) is 8.42 Å². The Morgan fingerprint density at radius 2 is 1.95 bits per heavy atom. The molecule has 0 aliphatic carbocycles. The first-order chi connectivity index (χ1) is 18.2. The summed E-state index contributed by atoms with van der Waals surface area (Å²) in [6.45, 7) is 9.76. The molecule has 4 atom stereocenters. The average molecular weight is 537 g/mol. The highest BCUT2D eigenvalue weighted by Gasteiger charge is 2.40. The maximum atomic E-state index is 11.8. The van der Waals surface area contributed by atoms with Gasteiger partial charge in [0.05, 0.1) is 25.0 Å². The van der Waals surface area contributed by atoms with E-state index in [0.29, 0.717) is 23.7 Å². The first-order valence-electron chi connectivity index (χ1n) is 13.5. The van der Waals surface area contributed by atoms with E-state index < -0.39 is 9.84 Å². The quantitative estimate of drug-likeness (QED) is 0.480. The lowest BCUT2D eigenvalue weighted by molar-refractivity contribution is 0.179. The van der Waals surface area contributed by atoms with Crippen molar-refractivity contribution in [2.45, 2.75) is 45.2 Å². The lowest BCUT2D eigenvalue weighted by Crippen LogP contribution is -2.57. The summed E-state index contributed by atoms with van der Waals surface area (Å²) in [5.41, 5.74) is 2.36. The number of aromatic nitrogens is 3. The highest BCUT2D eigenvalue weighted by molar-refractivity contribution is 7.90. The number of hydrogen-bond donors (Lipinski definition) is 1. The van der Waals surface area contributed by atoms with Crippen LogP contribution in [-0.4, -0.2) is 73.8 Å². The third-order valence-corrected chi connectivity index (χ3v) is 9.46. The fourth-order valence-corrected chi connectivity index (χ4v) is 7.43. The molecule has 2 aromatic heterocycles. The minimum atomic E-state index is -3.00. The number of pyridine rings is 1. The number of ether oxygens (including phenoxy) is 1. The van der Waals surface area contributed by atoms with Crippen LogP contribution in [0.5, 0.6) is 0 Å². The van der Waals surface area contributed by atoms with Crippen molar-refractivity contribution in [1.82, 2.24) is 15.0 Å². The van der Waals surface area contributed by atoms with Crippen LogP contribution in [0.2, 0.25) is 0 Å². The summed E-state index contributed by atoms with van der Waals surface area (Å²) in [5.74, 6) is 3.46. The number of fused-ring (bicyclic) bond motifs is 2. The largest absolute Gasteiger partial charge is 0.379 e. The van der Waals surface area contributed by atoms with Crippen molar-refractivity contribution in [2.24, 2.45) is 11.8 Å². The SMILES string of the molecule is CC(C)c1ccc(N2C[C@H](CS(C)(=O)=O)[C@H]2C)c2cnc(Nc3ccnc(N4CC[C@H]5COC[C@H]54)n3)cc12. The van der Waals surface area contributed by atoms with Gasteiger partial charge < -0.3 is 19.9 Å². The van der Waals surface area contributed by atoms with Crippen LogP contribution in [0.1, 0.15) is 38.7 Å². The molecule has 6 rings (SSSR count). The molecule has 0 unspecified atom stereocenters. The van der Waals surface area contributed by atoms with Crippen molar-refractivity contribution in [2.75, 3.05) is 53.4 Å². The van der Waals surface area contributed by atoms with E-state index >= 15 is 0 Å². The summed E-state index contributed by atoms with van der Waals surface area (Å²) in [6, 6.07) is 8.84. The molecule has 1 aromatic carbocycles. The highest BCUT2D eigenvalue weighted by atomic mass is 32.2. The van der Waals surface area contributed by atoms with Gasteiger partial charge in [0.15, 0.2) is 0 Å². The summed E-state index contributed by atoms with van der Waals surface area (Å²) in [5, 5.41) is 5.63. The van der Waals surface area contributed by atoms with Gasteiger partial charge in [0.25, 0.3) is 0 Å². The zero-order valence-electron chi connectivity index (χ0n) is 22.5. The molecule has 0 amide bonds. The van der Waals surface area contributed by atoms with E-state index in [4.69, 9.17) is 14.7 Å². The second-order valence-electron chi connectivity index (χ2n) is 11.4. The summed E-state index contributed by atoms with van der Waals surface area (Å²) in [6.07, 6.45) is 6.16. The Kier molecular flexibility index (Phi) is 6.42. The normalized spacial score (nSPS) is 25.2. The second-order valence-corrected chi connectivity index (χ2v) is 13.6. The van der Waals surface area contributed by atoms with Gasteiger partial charge in [-0.2, -0.15) is 4.98 Å². The van der Waals surface area contributed by atoms with Gasteiger partial charge in [-0.3, -0.25) is 0 Å². The Balaban J connectivity index is 1.28. The predicted molar refractivity (Wildman–Crippen MR) is 151 cm³/mol. The highest BCUT2D eigenvalue weighted by Crippen LogP contribution is 2.40. The van der Waals surface area contributed by atoms with Gasteiger partial charge in [-0.05, 0) is 48.4 Å². The molecule has 0 spiro atoms. The van der Waals surface area contributed by atoms with Crippen molar-refractivity contribution in [1.29, 1.82) is 0 Å². The predicted octanol–water partition coefficient (Wildman–Crippen LogP) is 3.99. The van der Waals surface area contributed by atoms with Crippen LogP contribution in [0.3, 0.4) is 0 Å². The van der Waals surface area contributed by atoms with Crippen LogP contribution < -0.4 is 15.1 Å². The first kappa shape index (κ1) is 25.3. The van der Waals surface area contributed by atoms with Gasteiger partial charge >= 0.3 is 0 Å². The molecule has 10 heteroatoms. The van der Waals surface area contributed by atoms with Gasteiger partial charge in [-0.25, -0.2) is 18.4 Å². The van der Waals surface area contributed by atoms with Crippen LogP contribution in [0, 0.1) is 11.8 Å². The molecule has 202 valence electrons. The van der Waals surface area contributed by atoms with Crippen molar-refractivity contribution in [3.05, 3.63) is 42.2 Å². The Bertz CT molecular complexity index is 1460. The lowest BCUT2D eigenvalue weighted by Gasteiger charge is -2.48. The third-order valence-electron chi connectivity index (χ3n) is 8.43. The maximum Gasteiger partial charge on any atom is 0.227 e. The molecule has 0 bridgehead atoms. The van der Waals surface area contributed by atoms with Crippen molar-refractivity contribution < 1.29 is 13.2 Å². The molecule has 3 fully saturated rings. The van der Waals surface area contributed by atoms with E-state index in [1.807, 2.05) is 12.3 Å². The Morgan fingerprint density at radius 3 is 2.71 bits per heavy atom. The summed E-state index contributed by atoms with van der Waals surface area (Å²) in [4.78, 5) is 18.7. The number of nitrogens with one attached hydrogen (secondary N) is 1. The lowest BCUT2D eigenvalue weighted by atomic mass is 9.88. The maximum absolute atomic E-state index is 11.8. The molecule has 3 aromatic rings. The molecule has 3 saturated heterocycles. The summed E-state index contributed by atoms with van der Waals surface area (Å²) >= 11 is 0. The molecule has 9 nitrogen and oxygen atoms in total. The van der Waals surface area contributed by atoms with Crippen LogP contribution in [-0.2, 0) is 14.6 Å². The molecule has 3 aliphatic heterocycles. The standard InChI is InChI=1S/C28H36N6O3S/c1-17(2)21-5-6-24(34-13-20(18(34)3)16-38(4,35)36)23-12-30-27(11-22(21)23)31-26-7-9-29-28(32-26)33-10-8-19-14-37-15-25(19)33/h5-7,9,11-12,17-20,25H,8,10,13-16H2,1-4H3,(H,29,30,31,32)/t18-,19+,20-,25-/m1/s1.